The van der Waals surface area contributed by atoms with Crippen molar-refractivity contribution in [1.82, 2.24) is 19.4 Å². The fourth-order valence-electron chi connectivity index (χ4n) is 3.98. The van der Waals surface area contributed by atoms with E-state index in [0.717, 1.165) is 45.1 Å². The minimum absolute atomic E-state index is 0.613. The number of rotatable bonds is 9. The molecule has 2 aromatic heterocycles. The summed E-state index contributed by atoms with van der Waals surface area (Å²) in [6.45, 7) is 8.93. The highest BCUT2D eigenvalue weighted by molar-refractivity contribution is 5.80. The van der Waals surface area contributed by atoms with Gasteiger partial charge in [-0.2, -0.15) is 0 Å². The largest absolute Gasteiger partial charge is 0.382 e. The predicted molar refractivity (Wildman–Crippen MR) is 119 cm³/mol. The van der Waals surface area contributed by atoms with Crippen LogP contribution in [0.4, 0.5) is 5.82 Å². The Kier molecular flexibility index (Phi) is 6.94. The molecule has 0 saturated carbocycles. The first-order valence-corrected chi connectivity index (χ1v) is 10.7. The molecule has 1 aliphatic rings. The van der Waals surface area contributed by atoms with E-state index in [4.69, 9.17) is 9.47 Å². The van der Waals surface area contributed by atoms with Crippen LogP contribution in [0, 0.1) is 0 Å². The maximum atomic E-state index is 5.69. The van der Waals surface area contributed by atoms with Crippen molar-refractivity contribution < 1.29 is 9.47 Å². The molecular weight excluding hydrogens is 378 g/mol. The second kappa shape index (κ2) is 10.0. The summed E-state index contributed by atoms with van der Waals surface area (Å²) in [4.78, 5) is 13.6. The molecule has 1 aromatic carbocycles. The molecule has 1 aliphatic heterocycles. The Morgan fingerprint density at radius 2 is 1.93 bits per heavy atom. The third kappa shape index (κ3) is 4.80. The van der Waals surface area contributed by atoms with Crippen molar-refractivity contribution in [2.75, 3.05) is 51.4 Å². The highest BCUT2D eigenvalue weighted by atomic mass is 16.5. The van der Waals surface area contributed by atoms with E-state index in [-0.39, 0.29) is 0 Å². The highest BCUT2D eigenvalue weighted by Crippen LogP contribution is 2.21. The second-order valence-electron chi connectivity index (χ2n) is 7.70. The zero-order valence-corrected chi connectivity index (χ0v) is 18.0. The molecule has 1 saturated heterocycles. The van der Waals surface area contributed by atoms with E-state index < -0.39 is 0 Å². The van der Waals surface area contributed by atoms with E-state index in [1.54, 1.807) is 13.4 Å². The standard InChI is InChI=1S/C23H31N5O2/c1-3-20-15-24-17-25-23(20)27-10-8-26(9-11-27)18-28-7-6-21-5-4-19(14-22(21)28)16-30-13-12-29-2/h4-7,14-15,17H,3,8-13,16,18H2,1-2H3. The van der Waals surface area contributed by atoms with Crippen LogP contribution in [0.1, 0.15) is 18.1 Å². The number of aromatic nitrogens is 3. The Labute approximate surface area is 178 Å². The molecular formula is C23H31N5O2. The molecule has 0 aliphatic carbocycles. The maximum Gasteiger partial charge on any atom is 0.135 e. The lowest BCUT2D eigenvalue weighted by Gasteiger charge is -2.36. The average molecular weight is 410 g/mol. The van der Waals surface area contributed by atoms with Crippen LogP contribution >= 0.6 is 0 Å². The summed E-state index contributed by atoms with van der Waals surface area (Å²) in [6, 6.07) is 8.76. The molecule has 0 amide bonds. The van der Waals surface area contributed by atoms with Crippen LogP contribution in [-0.4, -0.2) is 65.9 Å². The molecule has 0 radical (unpaired) electrons. The first-order chi connectivity index (χ1) is 14.8. The summed E-state index contributed by atoms with van der Waals surface area (Å²) in [6.07, 6.45) is 6.75. The lowest BCUT2D eigenvalue weighted by molar-refractivity contribution is 0.0617. The first kappa shape index (κ1) is 20.8. The van der Waals surface area contributed by atoms with Crippen LogP contribution < -0.4 is 4.90 Å². The first-order valence-electron chi connectivity index (χ1n) is 10.7. The van der Waals surface area contributed by atoms with Gasteiger partial charge in [0.25, 0.3) is 0 Å². The van der Waals surface area contributed by atoms with Crippen LogP contribution in [0.5, 0.6) is 0 Å². The molecule has 0 spiro atoms. The summed E-state index contributed by atoms with van der Waals surface area (Å²) < 4.78 is 13.1. The highest BCUT2D eigenvalue weighted by Gasteiger charge is 2.20. The normalized spacial score (nSPS) is 15.2. The Morgan fingerprint density at radius 1 is 1.07 bits per heavy atom. The van der Waals surface area contributed by atoms with Gasteiger partial charge in [0.15, 0.2) is 0 Å². The fourth-order valence-corrected chi connectivity index (χ4v) is 3.98. The van der Waals surface area contributed by atoms with Gasteiger partial charge >= 0.3 is 0 Å². The monoisotopic (exact) mass is 409 g/mol. The number of aryl methyl sites for hydroxylation is 1. The quantitative estimate of drug-likeness (QED) is 0.507. The predicted octanol–water partition coefficient (Wildman–Crippen LogP) is 2.94. The lowest BCUT2D eigenvalue weighted by atomic mass is 10.2. The molecule has 7 heteroatoms. The number of hydrogen-bond acceptors (Lipinski definition) is 6. The van der Waals surface area contributed by atoms with E-state index in [1.165, 1.54) is 22.0 Å². The molecule has 30 heavy (non-hydrogen) atoms. The Balaban J connectivity index is 1.38. The van der Waals surface area contributed by atoms with Crippen LogP contribution in [-0.2, 0) is 29.2 Å². The third-order valence-electron chi connectivity index (χ3n) is 5.71. The van der Waals surface area contributed by atoms with Crippen LogP contribution in [0.2, 0.25) is 0 Å². The van der Waals surface area contributed by atoms with E-state index in [2.05, 4.69) is 61.7 Å². The smallest absolute Gasteiger partial charge is 0.135 e. The molecule has 0 bridgehead atoms. The van der Waals surface area contributed by atoms with Gasteiger partial charge < -0.3 is 18.9 Å². The van der Waals surface area contributed by atoms with Gasteiger partial charge in [0, 0.05) is 56.8 Å². The van der Waals surface area contributed by atoms with Gasteiger partial charge in [-0.1, -0.05) is 19.1 Å². The van der Waals surface area contributed by atoms with Gasteiger partial charge in [-0.3, -0.25) is 4.90 Å². The molecule has 0 N–H and O–H groups in total. The number of hydrogen-bond donors (Lipinski definition) is 0. The second-order valence-corrected chi connectivity index (χ2v) is 7.70. The molecule has 3 heterocycles. The number of methoxy groups -OCH3 is 1. The molecule has 0 unspecified atom stereocenters. The minimum Gasteiger partial charge on any atom is -0.382 e. The number of benzene rings is 1. The number of piperazine rings is 1. The number of anilines is 1. The minimum atomic E-state index is 0.613. The van der Waals surface area contributed by atoms with Crippen molar-refractivity contribution in [3.8, 4) is 0 Å². The van der Waals surface area contributed by atoms with Gasteiger partial charge in [0.05, 0.1) is 26.5 Å². The average Bonchev–Trinajstić information content (AvgIpc) is 3.19. The van der Waals surface area contributed by atoms with E-state index in [1.807, 2.05) is 6.20 Å². The van der Waals surface area contributed by atoms with Gasteiger partial charge in [0.1, 0.15) is 12.1 Å². The van der Waals surface area contributed by atoms with Crippen molar-refractivity contribution in [3.63, 3.8) is 0 Å². The fraction of sp³-hybridized carbons (Fsp3) is 0.478. The SMILES string of the molecule is CCc1cncnc1N1CCN(Cn2ccc3ccc(COCCOC)cc32)CC1. The Bertz CT molecular complexity index is 950. The van der Waals surface area contributed by atoms with Gasteiger partial charge in [-0.25, -0.2) is 9.97 Å². The molecule has 3 aromatic rings. The summed E-state index contributed by atoms with van der Waals surface area (Å²) in [5.41, 5.74) is 3.68. The van der Waals surface area contributed by atoms with Gasteiger partial charge in [0.2, 0.25) is 0 Å². The van der Waals surface area contributed by atoms with Crippen molar-refractivity contribution in [2.45, 2.75) is 26.6 Å². The van der Waals surface area contributed by atoms with Gasteiger partial charge in [-0.05, 0) is 29.5 Å². The zero-order chi connectivity index (χ0) is 20.8. The number of fused-ring (bicyclic) bond motifs is 1. The van der Waals surface area contributed by atoms with Crippen molar-refractivity contribution in [3.05, 3.63) is 54.1 Å². The summed E-state index contributed by atoms with van der Waals surface area (Å²) in [5.74, 6) is 1.09. The number of nitrogens with zero attached hydrogens (tertiary/aromatic N) is 5. The molecule has 160 valence electrons. The van der Waals surface area contributed by atoms with E-state index >= 15 is 0 Å². The van der Waals surface area contributed by atoms with Crippen molar-refractivity contribution >= 4 is 16.7 Å². The zero-order valence-electron chi connectivity index (χ0n) is 18.0. The van der Waals surface area contributed by atoms with Crippen LogP contribution in [0.25, 0.3) is 10.9 Å². The van der Waals surface area contributed by atoms with E-state index in [9.17, 15) is 0 Å². The Hall–Kier alpha value is -2.48. The van der Waals surface area contributed by atoms with E-state index in [0.29, 0.717) is 19.8 Å². The summed E-state index contributed by atoms with van der Waals surface area (Å²) in [5, 5.41) is 1.27. The molecule has 4 rings (SSSR count). The lowest BCUT2D eigenvalue weighted by Crippen LogP contribution is -2.47. The summed E-state index contributed by atoms with van der Waals surface area (Å²) in [7, 11) is 1.69. The molecule has 1 fully saturated rings. The molecule has 0 atom stereocenters. The Morgan fingerprint density at radius 3 is 2.73 bits per heavy atom. The van der Waals surface area contributed by atoms with Crippen molar-refractivity contribution in [2.24, 2.45) is 0 Å². The topological polar surface area (TPSA) is 55.7 Å². The van der Waals surface area contributed by atoms with Gasteiger partial charge in [-0.15, -0.1) is 0 Å². The van der Waals surface area contributed by atoms with Crippen LogP contribution in [0.15, 0.2) is 43.0 Å². The molecule has 7 nitrogen and oxygen atoms in total. The third-order valence-corrected chi connectivity index (χ3v) is 5.71. The maximum absolute atomic E-state index is 5.69. The summed E-state index contributed by atoms with van der Waals surface area (Å²) >= 11 is 0. The number of ether oxygens (including phenoxy) is 2. The van der Waals surface area contributed by atoms with Crippen molar-refractivity contribution in [1.29, 1.82) is 0 Å². The van der Waals surface area contributed by atoms with Crippen LogP contribution in [0.3, 0.4) is 0 Å².